The van der Waals surface area contributed by atoms with Crippen LogP contribution < -0.4 is 11.1 Å². The summed E-state index contributed by atoms with van der Waals surface area (Å²) in [5.74, 6) is 0.739. The molecule has 1 saturated carbocycles. The van der Waals surface area contributed by atoms with Crippen LogP contribution in [0, 0.1) is 0 Å². The van der Waals surface area contributed by atoms with Crippen LogP contribution in [0.1, 0.15) is 36.0 Å². The van der Waals surface area contributed by atoms with Crippen LogP contribution in [-0.2, 0) is 9.47 Å². The molecule has 11 heteroatoms. The molecule has 1 amide bonds. The summed E-state index contributed by atoms with van der Waals surface area (Å²) in [5.41, 5.74) is 8.96. The van der Waals surface area contributed by atoms with Crippen molar-refractivity contribution in [1.29, 1.82) is 0 Å². The Morgan fingerprint density at radius 2 is 1.81 bits per heavy atom. The van der Waals surface area contributed by atoms with Gasteiger partial charge in [0.05, 0.1) is 30.2 Å². The largest absolute Gasteiger partial charge is 0.383 e. The van der Waals surface area contributed by atoms with Gasteiger partial charge in [-0.2, -0.15) is 8.78 Å². The molecule has 3 N–H and O–H groups in total. The Kier molecular flexibility index (Phi) is 7.19. The van der Waals surface area contributed by atoms with Gasteiger partial charge >= 0.3 is 6.61 Å². The minimum atomic E-state index is -2.74. The van der Waals surface area contributed by atoms with Crippen LogP contribution in [0.2, 0.25) is 0 Å². The first kappa shape index (κ1) is 24.3. The maximum Gasteiger partial charge on any atom is 0.345 e. The molecule has 0 bridgehead atoms. The van der Waals surface area contributed by atoms with Crippen molar-refractivity contribution in [2.75, 3.05) is 37.4 Å². The van der Waals surface area contributed by atoms with Crippen LogP contribution in [0.15, 0.2) is 36.7 Å². The first-order valence-electron chi connectivity index (χ1n) is 12.1. The van der Waals surface area contributed by atoms with Crippen molar-refractivity contribution < 1.29 is 23.0 Å². The zero-order valence-corrected chi connectivity index (χ0v) is 19.7. The summed E-state index contributed by atoms with van der Waals surface area (Å²) >= 11 is 0. The van der Waals surface area contributed by atoms with Gasteiger partial charge in [-0.25, -0.2) is 15.0 Å². The summed E-state index contributed by atoms with van der Waals surface area (Å²) in [5, 5.41) is 3.94. The second-order valence-corrected chi connectivity index (χ2v) is 9.01. The van der Waals surface area contributed by atoms with E-state index in [-0.39, 0.29) is 11.9 Å². The summed E-state index contributed by atoms with van der Waals surface area (Å²) < 4.78 is 34.9. The van der Waals surface area contributed by atoms with Crippen molar-refractivity contribution in [3.8, 4) is 11.1 Å². The average Bonchev–Trinajstić information content (AvgIpc) is 2.90. The number of hydrogen-bond donors (Lipinski definition) is 2. The van der Waals surface area contributed by atoms with Crippen molar-refractivity contribution >= 4 is 28.6 Å². The predicted octanol–water partition coefficient (Wildman–Crippen LogP) is 3.71. The first-order valence-corrected chi connectivity index (χ1v) is 12.1. The van der Waals surface area contributed by atoms with Crippen molar-refractivity contribution in [2.24, 2.45) is 0 Å². The molecule has 0 radical (unpaired) electrons. The molecule has 5 rings (SSSR count). The molecule has 9 nitrogen and oxygen atoms in total. The number of hydrogen-bond acceptors (Lipinski definition) is 8. The van der Waals surface area contributed by atoms with E-state index in [0.29, 0.717) is 80.2 Å². The standard InChI is InChI=1S/C25H28F2N6O3/c26-24(27)36-18-7-5-17(6-8-18)31-25-30-14-20-21(32-25)19(13-29-22(20)28)15-1-3-16(4-2-15)23(34)33-9-11-35-12-10-33/h1-4,13-14,17-18,24H,5-12H2,(H2,28,29)(H,30,31,32)/t17-,18-. The zero-order valence-electron chi connectivity index (χ0n) is 19.7. The second-order valence-electron chi connectivity index (χ2n) is 9.01. The number of nitrogens with two attached hydrogens (primary N) is 1. The lowest BCUT2D eigenvalue weighted by Gasteiger charge is -2.28. The molecule has 3 aromatic rings. The SMILES string of the molecule is Nc1ncc(-c2ccc(C(=O)N3CCOCC3)cc2)c2nc(N[C@H]3CC[C@H](OC(F)F)CC3)ncc12. The number of aromatic nitrogens is 3. The third kappa shape index (κ3) is 5.36. The number of ether oxygens (including phenoxy) is 2. The second kappa shape index (κ2) is 10.7. The topological polar surface area (TPSA) is 115 Å². The van der Waals surface area contributed by atoms with Gasteiger partial charge in [0.15, 0.2) is 0 Å². The third-order valence-corrected chi connectivity index (χ3v) is 6.70. The Morgan fingerprint density at radius 3 is 2.50 bits per heavy atom. The van der Waals surface area contributed by atoms with Crippen LogP contribution in [0.5, 0.6) is 0 Å². The monoisotopic (exact) mass is 498 g/mol. The minimum Gasteiger partial charge on any atom is -0.383 e. The van der Waals surface area contributed by atoms with Crippen LogP contribution >= 0.6 is 0 Å². The lowest BCUT2D eigenvalue weighted by molar-refractivity contribution is -0.169. The number of anilines is 2. The third-order valence-electron chi connectivity index (χ3n) is 6.70. The number of nitrogens with zero attached hydrogens (tertiary/aromatic N) is 4. The summed E-state index contributed by atoms with van der Waals surface area (Å²) in [6.07, 6.45) is 5.35. The number of carbonyl (C=O) groups excluding carboxylic acids is 1. The van der Waals surface area contributed by atoms with E-state index in [9.17, 15) is 13.6 Å². The Hall–Kier alpha value is -3.44. The fourth-order valence-electron chi connectivity index (χ4n) is 4.73. The average molecular weight is 499 g/mol. The van der Waals surface area contributed by atoms with Gasteiger partial charge in [-0.05, 0) is 43.4 Å². The number of carbonyl (C=O) groups is 1. The van der Waals surface area contributed by atoms with E-state index < -0.39 is 12.7 Å². The van der Waals surface area contributed by atoms with E-state index in [1.807, 2.05) is 12.1 Å². The van der Waals surface area contributed by atoms with Gasteiger partial charge in [0, 0.05) is 42.7 Å². The van der Waals surface area contributed by atoms with E-state index in [0.717, 1.165) is 11.1 Å². The van der Waals surface area contributed by atoms with E-state index in [1.165, 1.54) is 0 Å². The molecule has 1 aliphatic carbocycles. The van der Waals surface area contributed by atoms with E-state index >= 15 is 0 Å². The quantitative estimate of drug-likeness (QED) is 0.529. The summed E-state index contributed by atoms with van der Waals surface area (Å²) in [4.78, 5) is 28.0. The summed E-state index contributed by atoms with van der Waals surface area (Å²) in [6, 6.07) is 7.42. The number of rotatable bonds is 6. The van der Waals surface area contributed by atoms with Crippen LogP contribution in [0.3, 0.4) is 0 Å². The number of amides is 1. The molecule has 0 atom stereocenters. The summed E-state index contributed by atoms with van der Waals surface area (Å²) in [7, 11) is 0. The van der Waals surface area contributed by atoms with E-state index in [1.54, 1.807) is 29.4 Å². The number of nitrogens with one attached hydrogen (secondary N) is 1. The molecule has 190 valence electrons. The van der Waals surface area contributed by atoms with Crippen LogP contribution in [-0.4, -0.2) is 70.8 Å². The molecular weight excluding hydrogens is 470 g/mol. The highest BCUT2D eigenvalue weighted by Crippen LogP contribution is 2.31. The smallest absolute Gasteiger partial charge is 0.345 e. The maximum atomic E-state index is 12.8. The molecule has 1 aromatic carbocycles. The molecule has 0 spiro atoms. The fourth-order valence-corrected chi connectivity index (χ4v) is 4.73. The minimum absolute atomic E-state index is 0.0207. The number of alkyl halides is 2. The van der Waals surface area contributed by atoms with E-state index in [2.05, 4.69) is 20.0 Å². The molecule has 1 saturated heterocycles. The Balaban J connectivity index is 1.35. The molecule has 36 heavy (non-hydrogen) atoms. The highest BCUT2D eigenvalue weighted by molar-refractivity contribution is 5.99. The number of halogens is 2. The van der Waals surface area contributed by atoms with Crippen LogP contribution in [0.25, 0.3) is 22.0 Å². The lowest BCUT2D eigenvalue weighted by Crippen LogP contribution is -2.40. The first-order chi connectivity index (χ1) is 17.5. The van der Waals surface area contributed by atoms with Crippen molar-refractivity contribution in [3.05, 3.63) is 42.2 Å². The molecule has 2 fully saturated rings. The van der Waals surface area contributed by atoms with Gasteiger partial charge in [0.1, 0.15) is 5.82 Å². The van der Waals surface area contributed by atoms with Gasteiger partial charge in [-0.15, -0.1) is 0 Å². The van der Waals surface area contributed by atoms with Gasteiger partial charge in [0.2, 0.25) is 5.95 Å². The number of morpholine rings is 1. The van der Waals surface area contributed by atoms with Crippen molar-refractivity contribution in [1.82, 2.24) is 19.9 Å². The number of fused-ring (bicyclic) bond motifs is 1. The Bertz CT molecular complexity index is 1210. The highest BCUT2D eigenvalue weighted by atomic mass is 19.3. The predicted molar refractivity (Wildman–Crippen MR) is 131 cm³/mol. The molecular formula is C25H28F2N6O3. The van der Waals surface area contributed by atoms with E-state index in [4.69, 9.17) is 15.5 Å². The Morgan fingerprint density at radius 1 is 1.08 bits per heavy atom. The number of pyridine rings is 1. The van der Waals surface area contributed by atoms with Gasteiger partial charge in [0.25, 0.3) is 5.91 Å². The lowest BCUT2D eigenvalue weighted by atomic mass is 9.93. The summed E-state index contributed by atoms with van der Waals surface area (Å²) in [6.45, 7) is -0.476. The maximum absolute atomic E-state index is 12.8. The highest BCUT2D eigenvalue weighted by Gasteiger charge is 2.25. The number of nitrogen functional groups attached to an aromatic ring is 1. The van der Waals surface area contributed by atoms with Crippen molar-refractivity contribution in [2.45, 2.75) is 44.4 Å². The zero-order chi connectivity index (χ0) is 25.1. The van der Waals surface area contributed by atoms with Crippen molar-refractivity contribution in [3.63, 3.8) is 0 Å². The fraction of sp³-hybridized carbons (Fsp3) is 0.440. The van der Waals surface area contributed by atoms with Gasteiger partial charge in [-0.3, -0.25) is 4.79 Å². The van der Waals surface area contributed by atoms with Crippen LogP contribution in [0.4, 0.5) is 20.5 Å². The molecule has 1 aliphatic heterocycles. The van der Waals surface area contributed by atoms with Gasteiger partial charge in [-0.1, -0.05) is 12.1 Å². The normalized spacial score (nSPS) is 20.6. The molecule has 3 heterocycles. The molecule has 2 aliphatic rings. The number of benzene rings is 1. The molecule has 2 aromatic heterocycles. The molecule has 0 unspecified atom stereocenters. The van der Waals surface area contributed by atoms with Gasteiger partial charge < -0.3 is 25.4 Å². The Labute approximate surface area is 207 Å².